The zero-order valence-corrected chi connectivity index (χ0v) is 9.45. The molecular formula is C12H11FO4. The topological polar surface area (TPSA) is 48.7 Å². The number of esters is 1. The van der Waals surface area contributed by atoms with E-state index in [0.29, 0.717) is 12.0 Å². The lowest BCUT2D eigenvalue weighted by Gasteiger charge is -2.00. The van der Waals surface area contributed by atoms with E-state index in [2.05, 4.69) is 4.74 Å². The van der Waals surface area contributed by atoms with E-state index in [1.54, 1.807) is 6.92 Å². The van der Waals surface area contributed by atoms with Crippen molar-refractivity contribution in [1.29, 1.82) is 0 Å². The molecule has 90 valence electrons. The van der Waals surface area contributed by atoms with Gasteiger partial charge in [-0.2, -0.15) is 0 Å². The van der Waals surface area contributed by atoms with E-state index >= 15 is 0 Å². The fourth-order valence-corrected chi connectivity index (χ4v) is 1.57. The molecular weight excluding hydrogens is 227 g/mol. The van der Waals surface area contributed by atoms with Crippen LogP contribution in [0, 0.1) is 5.82 Å². The van der Waals surface area contributed by atoms with Gasteiger partial charge >= 0.3 is 5.97 Å². The van der Waals surface area contributed by atoms with Crippen molar-refractivity contribution in [1.82, 2.24) is 0 Å². The highest BCUT2D eigenvalue weighted by Gasteiger charge is 2.17. The molecule has 0 unspecified atom stereocenters. The Bertz CT molecular complexity index is 559. The van der Waals surface area contributed by atoms with E-state index < -0.39 is 11.8 Å². The molecule has 1 aromatic heterocycles. The summed E-state index contributed by atoms with van der Waals surface area (Å²) in [6, 6.07) is 3.88. The summed E-state index contributed by atoms with van der Waals surface area (Å²) in [4.78, 5) is 11.5. The molecule has 0 fully saturated rings. The normalized spacial score (nSPS) is 10.5. The van der Waals surface area contributed by atoms with Gasteiger partial charge < -0.3 is 13.9 Å². The zero-order valence-electron chi connectivity index (χ0n) is 9.45. The van der Waals surface area contributed by atoms with Crippen molar-refractivity contribution in [2.24, 2.45) is 0 Å². The Kier molecular flexibility index (Phi) is 2.99. The Morgan fingerprint density at radius 3 is 2.82 bits per heavy atom. The molecule has 0 aliphatic rings. The second-order valence-corrected chi connectivity index (χ2v) is 3.36. The molecule has 0 aliphatic carbocycles. The number of hydrogen-bond donors (Lipinski definition) is 0. The van der Waals surface area contributed by atoms with Crippen LogP contribution in [-0.4, -0.2) is 19.7 Å². The van der Waals surface area contributed by atoms with Crippen LogP contribution in [0.15, 0.2) is 22.6 Å². The van der Waals surface area contributed by atoms with Gasteiger partial charge in [-0.3, -0.25) is 0 Å². The van der Waals surface area contributed by atoms with Crippen molar-refractivity contribution in [3.8, 4) is 5.95 Å². The van der Waals surface area contributed by atoms with E-state index in [-0.39, 0.29) is 17.1 Å². The van der Waals surface area contributed by atoms with E-state index in [0.717, 1.165) is 6.07 Å². The van der Waals surface area contributed by atoms with Gasteiger partial charge in [0.25, 0.3) is 5.95 Å². The van der Waals surface area contributed by atoms with Crippen LogP contribution in [0.25, 0.3) is 11.0 Å². The van der Waals surface area contributed by atoms with Crippen LogP contribution in [-0.2, 0) is 4.74 Å². The maximum Gasteiger partial charge on any atom is 0.341 e. The molecule has 17 heavy (non-hydrogen) atoms. The van der Waals surface area contributed by atoms with Gasteiger partial charge in [0, 0.05) is 11.5 Å². The van der Waals surface area contributed by atoms with Crippen LogP contribution < -0.4 is 4.74 Å². The molecule has 0 N–H and O–H groups in total. The lowest BCUT2D eigenvalue weighted by atomic mass is 10.1. The molecule has 4 nitrogen and oxygen atoms in total. The van der Waals surface area contributed by atoms with Crippen LogP contribution in [0.5, 0.6) is 5.95 Å². The molecule has 0 radical (unpaired) electrons. The molecule has 0 saturated heterocycles. The first-order valence-corrected chi connectivity index (χ1v) is 5.10. The number of carbonyl (C=O) groups excluding carboxylic acids is 1. The molecule has 2 rings (SSSR count). The summed E-state index contributed by atoms with van der Waals surface area (Å²) in [7, 11) is 1.23. The van der Waals surface area contributed by atoms with E-state index in [9.17, 15) is 9.18 Å². The first-order valence-electron chi connectivity index (χ1n) is 5.10. The van der Waals surface area contributed by atoms with Gasteiger partial charge in [0.2, 0.25) is 0 Å². The Hall–Kier alpha value is -2.04. The van der Waals surface area contributed by atoms with E-state index in [1.165, 1.54) is 19.2 Å². The van der Waals surface area contributed by atoms with Crippen LogP contribution in [0.4, 0.5) is 4.39 Å². The molecule has 2 aromatic rings. The largest absolute Gasteiger partial charge is 0.465 e. The smallest absolute Gasteiger partial charge is 0.341 e. The van der Waals surface area contributed by atoms with Crippen LogP contribution >= 0.6 is 0 Å². The Morgan fingerprint density at radius 1 is 1.41 bits per heavy atom. The first-order chi connectivity index (χ1) is 8.15. The van der Waals surface area contributed by atoms with Crippen LogP contribution in [0.1, 0.15) is 17.3 Å². The summed E-state index contributed by atoms with van der Waals surface area (Å²) in [6.45, 7) is 2.23. The number of fused-ring (bicyclic) bond motifs is 1. The summed E-state index contributed by atoms with van der Waals surface area (Å²) in [5.74, 6) is -0.924. The monoisotopic (exact) mass is 238 g/mol. The minimum Gasteiger partial charge on any atom is -0.465 e. The minimum absolute atomic E-state index is 0.0495. The molecule has 0 spiro atoms. The summed E-state index contributed by atoms with van der Waals surface area (Å²) >= 11 is 0. The van der Waals surface area contributed by atoms with Crippen molar-refractivity contribution in [2.45, 2.75) is 6.92 Å². The number of rotatable bonds is 3. The van der Waals surface area contributed by atoms with E-state index in [1.807, 2.05) is 0 Å². The summed E-state index contributed by atoms with van der Waals surface area (Å²) < 4.78 is 28.3. The molecule has 1 aromatic carbocycles. The number of benzene rings is 1. The highest BCUT2D eigenvalue weighted by Crippen LogP contribution is 2.29. The average molecular weight is 238 g/mol. The van der Waals surface area contributed by atoms with E-state index in [4.69, 9.17) is 9.15 Å². The second-order valence-electron chi connectivity index (χ2n) is 3.36. The first kappa shape index (κ1) is 11.4. The van der Waals surface area contributed by atoms with Gasteiger partial charge in [-0.1, -0.05) is 0 Å². The van der Waals surface area contributed by atoms with Gasteiger partial charge in [-0.25, -0.2) is 9.18 Å². The summed E-state index contributed by atoms with van der Waals surface area (Å²) in [6.07, 6.45) is 0. The van der Waals surface area contributed by atoms with Gasteiger partial charge in [-0.15, -0.1) is 0 Å². The second kappa shape index (κ2) is 4.45. The predicted octanol–water partition coefficient (Wildman–Crippen LogP) is 2.76. The Labute approximate surface area is 96.9 Å². The highest BCUT2D eigenvalue weighted by atomic mass is 19.1. The average Bonchev–Trinajstić information content (AvgIpc) is 2.69. The van der Waals surface area contributed by atoms with Gasteiger partial charge in [-0.05, 0) is 19.1 Å². The lowest BCUT2D eigenvalue weighted by molar-refractivity contribution is 0.0601. The molecule has 0 amide bonds. The fourth-order valence-electron chi connectivity index (χ4n) is 1.57. The molecule has 0 atom stereocenters. The molecule has 0 aliphatic heterocycles. The maximum atomic E-state index is 13.3. The third-order valence-electron chi connectivity index (χ3n) is 2.25. The lowest BCUT2D eigenvalue weighted by Crippen LogP contribution is -2.02. The van der Waals surface area contributed by atoms with Crippen molar-refractivity contribution in [2.75, 3.05) is 13.7 Å². The zero-order chi connectivity index (χ0) is 12.4. The number of furan rings is 1. The van der Waals surface area contributed by atoms with Crippen LogP contribution in [0.3, 0.4) is 0 Å². The SMILES string of the molecule is CCOc1cc2cc(F)cc(C(=O)OC)c2o1. The minimum atomic E-state index is -0.646. The molecule has 5 heteroatoms. The Morgan fingerprint density at radius 2 is 2.18 bits per heavy atom. The van der Waals surface area contributed by atoms with Gasteiger partial charge in [0.1, 0.15) is 11.4 Å². The van der Waals surface area contributed by atoms with Crippen molar-refractivity contribution < 1.29 is 23.1 Å². The van der Waals surface area contributed by atoms with Crippen molar-refractivity contribution >= 4 is 16.9 Å². The third-order valence-corrected chi connectivity index (χ3v) is 2.25. The molecule has 0 saturated carbocycles. The number of hydrogen-bond acceptors (Lipinski definition) is 4. The number of methoxy groups -OCH3 is 1. The van der Waals surface area contributed by atoms with Crippen molar-refractivity contribution in [3.63, 3.8) is 0 Å². The van der Waals surface area contributed by atoms with Crippen molar-refractivity contribution in [3.05, 3.63) is 29.6 Å². The fraction of sp³-hybridized carbons (Fsp3) is 0.250. The van der Waals surface area contributed by atoms with Crippen LogP contribution in [0.2, 0.25) is 0 Å². The maximum absolute atomic E-state index is 13.3. The standard InChI is InChI=1S/C12H11FO4/c1-3-16-10-5-7-4-8(13)6-9(11(7)17-10)12(14)15-2/h4-6H,3H2,1-2H3. The Balaban J connectivity index is 2.61. The number of halogens is 1. The highest BCUT2D eigenvalue weighted by molar-refractivity contribution is 6.02. The summed E-state index contributed by atoms with van der Waals surface area (Å²) in [5.41, 5.74) is 0.315. The molecule has 1 heterocycles. The third kappa shape index (κ3) is 2.08. The molecule has 0 bridgehead atoms. The van der Waals surface area contributed by atoms with Gasteiger partial charge in [0.05, 0.1) is 13.7 Å². The predicted molar refractivity (Wildman–Crippen MR) is 58.7 cm³/mol. The number of ether oxygens (including phenoxy) is 2. The quantitative estimate of drug-likeness (QED) is 0.771. The number of carbonyl (C=O) groups is 1. The van der Waals surface area contributed by atoms with Gasteiger partial charge in [0.15, 0.2) is 5.58 Å². The summed E-state index contributed by atoms with van der Waals surface area (Å²) in [5, 5.41) is 0.467.